The highest BCUT2D eigenvalue weighted by atomic mass is 35.5. The van der Waals surface area contributed by atoms with Crippen LogP contribution in [0.4, 0.5) is 0 Å². The Labute approximate surface area is 98.8 Å². The molecule has 0 atom stereocenters. The maximum atomic E-state index is 11.9. The van der Waals surface area contributed by atoms with Crippen molar-refractivity contribution in [3.05, 3.63) is 22.4 Å². The van der Waals surface area contributed by atoms with E-state index in [0.29, 0.717) is 11.3 Å². The minimum absolute atomic E-state index is 0.120. The first-order valence-corrected chi connectivity index (χ1v) is 6.46. The summed E-state index contributed by atoms with van der Waals surface area (Å²) in [5, 5.41) is 4.16. The number of amides is 1. The smallest absolute Gasteiger partial charge is 0.254 e. The standard InChI is InChI=1S/C11H14ClNOS/c1-13(6-8-4-10(12)5-8)11(14)9-2-3-15-7-9/h2-3,7-8,10H,4-6H2,1H3. The van der Waals surface area contributed by atoms with E-state index >= 15 is 0 Å². The van der Waals surface area contributed by atoms with Crippen LogP contribution in [0.3, 0.4) is 0 Å². The lowest BCUT2D eigenvalue weighted by molar-refractivity contribution is 0.0747. The number of halogens is 1. The number of thiophene rings is 1. The molecule has 0 radical (unpaired) electrons. The van der Waals surface area contributed by atoms with Crippen LogP contribution in [0.2, 0.25) is 0 Å². The highest BCUT2D eigenvalue weighted by molar-refractivity contribution is 7.08. The zero-order chi connectivity index (χ0) is 10.8. The first-order chi connectivity index (χ1) is 7.16. The summed E-state index contributed by atoms with van der Waals surface area (Å²) in [5.74, 6) is 0.717. The van der Waals surface area contributed by atoms with Gasteiger partial charge >= 0.3 is 0 Å². The first kappa shape index (κ1) is 11.0. The molecule has 1 aliphatic rings. The van der Waals surface area contributed by atoms with Crippen molar-refractivity contribution in [1.82, 2.24) is 4.90 Å². The van der Waals surface area contributed by atoms with Crippen LogP contribution >= 0.6 is 22.9 Å². The second kappa shape index (κ2) is 4.54. The third-order valence-electron chi connectivity index (χ3n) is 2.83. The van der Waals surface area contributed by atoms with Gasteiger partial charge in [0.15, 0.2) is 0 Å². The molecular weight excluding hydrogens is 230 g/mol. The maximum absolute atomic E-state index is 11.9. The molecule has 1 aliphatic carbocycles. The van der Waals surface area contributed by atoms with Crippen LogP contribution < -0.4 is 0 Å². The molecule has 0 aliphatic heterocycles. The van der Waals surface area contributed by atoms with Crippen molar-refractivity contribution in [3.8, 4) is 0 Å². The van der Waals surface area contributed by atoms with E-state index < -0.39 is 0 Å². The molecule has 0 bridgehead atoms. The number of alkyl halides is 1. The maximum Gasteiger partial charge on any atom is 0.254 e. The first-order valence-electron chi connectivity index (χ1n) is 5.08. The molecular formula is C11H14ClNOS. The Hall–Kier alpha value is -0.540. The van der Waals surface area contributed by atoms with Gasteiger partial charge in [-0.15, -0.1) is 11.6 Å². The molecule has 1 aromatic rings. The third-order valence-corrected chi connectivity index (χ3v) is 3.86. The topological polar surface area (TPSA) is 20.3 Å². The van der Waals surface area contributed by atoms with E-state index in [-0.39, 0.29) is 5.91 Å². The van der Waals surface area contributed by atoms with Crippen molar-refractivity contribution in [2.75, 3.05) is 13.6 Å². The van der Waals surface area contributed by atoms with Gasteiger partial charge in [-0.1, -0.05) is 0 Å². The largest absolute Gasteiger partial charge is 0.341 e. The van der Waals surface area contributed by atoms with Crippen molar-refractivity contribution in [1.29, 1.82) is 0 Å². The van der Waals surface area contributed by atoms with Crippen LogP contribution in [-0.2, 0) is 0 Å². The summed E-state index contributed by atoms with van der Waals surface area (Å²) < 4.78 is 0. The Kier molecular flexibility index (Phi) is 3.32. The second-order valence-electron chi connectivity index (χ2n) is 4.13. The fourth-order valence-electron chi connectivity index (χ4n) is 1.88. The lowest BCUT2D eigenvalue weighted by Crippen LogP contribution is -2.37. The number of rotatable bonds is 3. The van der Waals surface area contributed by atoms with E-state index in [4.69, 9.17) is 11.6 Å². The van der Waals surface area contributed by atoms with Crippen molar-refractivity contribution in [3.63, 3.8) is 0 Å². The summed E-state index contributed by atoms with van der Waals surface area (Å²) in [6.07, 6.45) is 2.09. The van der Waals surface area contributed by atoms with Gasteiger partial charge in [-0.3, -0.25) is 4.79 Å². The van der Waals surface area contributed by atoms with Gasteiger partial charge in [0, 0.05) is 24.3 Å². The fourth-order valence-corrected chi connectivity index (χ4v) is 3.01. The molecule has 0 unspecified atom stereocenters. The average Bonchev–Trinajstić information content (AvgIpc) is 2.66. The molecule has 0 N–H and O–H groups in total. The summed E-state index contributed by atoms with van der Waals surface area (Å²) in [6.45, 7) is 0.831. The quantitative estimate of drug-likeness (QED) is 0.748. The highest BCUT2D eigenvalue weighted by Gasteiger charge is 2.29. The number of hydrogen-bond acceptors (Lipinski definition) is 2. The van der Waals surface area contributed by atoms with Crippen molar-refractivity contribution < 1.29 is 4.79 Å². The van der Waals surface area contributed by atoms with Crippen LogP contribution in [0.1, 0.15) is 23.2 Å². The lowest BCUT2D eigenvalue weighted by Gasteiger charge is -2.34. The van der Waals surface area contributed by atoms with E-state index in [0.717, 1.165) is 24.9 Å². The van der Waals surface area contributed by atoms with Gasteiger partial charge in [0.1, 0.15) is 0 Å². The second-order valence-corrected chi connectivity index (χ2v) is 5.53. The van der Waals surface area contributed by atoms with Gasteiger partial charge in [-0.25, -0.2) is 0 Å². The Balaban J connectivity index is 1.86. The van der Waals surface area contributed by atoms with Gasteiger partial charge in [-0.2, -0.15) is 11.3 Å². The average molecular weight is 244 g/mol. The number of hydrogen-bond donors (Lipinski definition) is 0. The predicted octanol–water partition coefficient (Wildman–Crippen LogP) is 2.84. The molecule has 2 rings (SSSR count). The van der Waals surface area contributed by atoms with Gasteiger partial charge < -0.3 is 4.90 Å². The van der Waals surface area contributed by atoms with Crippen molar-refractivity contribution >= 4 is 28.8 Å². The van der Waals surface area contributed by atoms with Gasteiger partial charge in [0.25, 0.3) is 5.91 Å². The molecule has 82 valence electrons. The summed E-state index contributed by atoms with van der Waals surface area (Å²) in [6, 6.07) is 1.87. The SMILES string of the molecule is CN(CC1CC(Cl)C1)C(=O)c1ccsc1. The Morgan fingerprint density at radius 1 is 1.67 bits per heavy atom. The molecule has 1 saturated carbocycles. The molecule has 1 aromatic heterocycles. The summed E-state index contributed by atoms with van der Waals surface area (Å²) >= 11 is 7.46. The van der Waals surface area contributed by atoms with E-state index in [1.807, 2.05) is 23.9 Å². The summed E-state index contributed by atoms with van der Waals surface area (Å²) in [5.41, 5.74) is 0.796. The minimum Gasteiger partial charge on any atom is -0.341 e. The Morgan fingerprint density at radius 3 is 2.93 bits per heavy atom. The number of nitrogens with zero attached hydrogens (tertiary/aromatic N) is 1. The Morgan fingerprint density at radius 2 is 2.40 bits per heavy atom. The van der Waals surface area contributed by atoms with E-state index in [9.17, 15) is 4.79 Å². The van der Waals surface area contributed by atoms with Crippen molar-refractivity contribution in [2.45, 2.75) is 18.2 Å². The lowest BCUT2D eigenvalue weighted by atomic mass is 9.84. The molecule has 1 fully saturated rings. The zero-order valence-corrected chi connectivity index (χ0v) is 10.2. The van der Waals surface area contributed by atoms with Crippen LogP contribution in [0, 0.1) is 5.92 Å². The number of carbonyl (C=O) groups is 1. The molecule has 2 nitrogen and oxygen atoms in total. The van der Waals surface area contributed by atoms with E-state index in [2.05, 4.69) is 0 Å². The zero-order valence-electron chi connectivity index (χ0n) is 8.65. The summed E-state index contributed by atoms with van der Waals surface area (Å²) in [4.78, 5) is 13.7. The molecule has 1 heterocycles. The molecule has 4 heteroatoms. The van der Waals surface area contributed by atoms with Crippen LogP contribution in [0.5, 0.6) is 0 Å². The normalized spacial score (nSPS) is 24.7. The van der Waals surface area contributed by atoms with Crippen LogP contribution in [0.25, 0.3) is 0 Å². The molecule has 0 spiro atoms. The van der Waals surface area contributed by atoms with Crippen LogP contribution in [0.15, 0.2) is 16.8 Å². The molecule has 1 amide bonds. The van der Waals surface area contributed by atoms with E-state index in [1.54, 1.807) is 16.2 Å². The number of carbonyl (C=O) groups excluding carboxylic acids is 1. The molecule has 15 heavy (non-hydrogen) atoms. The van der Waals surface area contributed by atoms with E-state index in [1.165, 1.54) is 0 Å². The monoisotopic (exact) mass is 243 g/mol. The fraction of sp³-hybridized carbons (Fsp3) is 0.545. The Bertz CT molecular complexity index is 332. The molecule has 0 saturated heterocycles. The minimum atomic E-state index is 0.120. The van der Waals surface area contributed by atoms with Crippen LogP contribution in [-0.4, -0.2) is 29.8 Å². The van der Waals surface area contributed by atoms with Gasteiger partial charge in [0.2, 0.25) is 0 Å². The summed E-state index contributed by atoms with van der Waals surface area (Å²) in [7, 11) is 1.86. The van der Waals surface area contributed by atoms with Gasteiger partial charge in [-0.05, 0) is 30.2 Å². The van der Waals surface area contributed by atoms with Crippen molar-refractivity contribution in [2.24, 2.45) is 5.92 Å². The predicted molar refractivity (Wildman–Crippen MR) is 63.6 cm³/mol. The highest BCUT2D eigenvalue weighted by Crippen LogP contribution is 2.32. The third kappa shape index (κ3) is 2.52. The molecule has 0 aromatic carbocycles. The van der Waals surface area contributed by atoms with Gasteiger partial charge in [0.05, 0.1) is 5.56 Å².